The average Bonchev–Trinajstić information content (AvgIpc) is 2.36. The van der Waals surface area contributed by atoms with Crippen molar-refractivity contribution in [3.05, 3.63) is 52.5 Å². The number of nitrogens with zero attached hydrogens (tertiary/aromatic N) is 1. The fourth-order valence-corrected chi connectivity index (χ4v) is 3.02. The minimum Gasteiger partial charge on any atom is -0.195 e. The second-order valence-electron chi connectivity index (χ2n) is 3.36. The highest BCUT2D eigenvalue weighted by Crippen LogP contribution is 2.40. The molecular weight excluding hydrogens is 305 g/mol. The molecule has 0 fully saturated rings. The minimum atomic E-state index is 0.556. The molecule has 0 aromatic heterocycles. The van der Waals surface area contributed by atoms with Gasteiger partial charge in [0.15, 0.2) is 0 Å². The van der Waals surface area contributed by atoms with Crippen LogP contribution in [0.25, 0.3) is 0 Å². The molecule has 0 aliphatic heterocycles. The molecule has 1 nitrogen and oxygen atoms in total. The maximum Gasteiger partial charge on any atom is 0.0770 e. The Hall–Kier alpha value is -0.830. The van der Waals surface area contributed by atoms with Gasteiger partial charge in [0, 0.05) is 9.79 Å². The molecular formula is C13H7Cl2NS2. The summed E-state index contributed by atoms with van der Waals surface area (Å²) < 4.78 is 0. The summed E-state index contributed by atoms with van der Waals surface area (Å²) in [7, 11) is 0. The Kier molecular flexibility index (Phi) is 4.81. The average molecular weight is 312 g/mol. The Morgan fingerprint density at radius 3 is 2.22 bits per heavy atom. The van der Waals surface area contributed by atoms with Gasteiger partial charge in [0.2, 0.25) is 0 Å². The van der Waals surface area contributed by atoms with E-state index in [0.717, 1.165) is 9.79 Å². The van der Waals surface area contributed by atoms with Gasteiger partial charge >= 0.3 is 0 Å². The fraction of sp³-hybridized carbons (Fsp3) is 0. The molecule has 0 unspecified atom stereocenters. The van der Waals surface area contributed by atoms with Crippen LogP contribution < -0.4 is 0 Å². The largest absolute Gasteiger partial charge is 0.195 e. The molecule has 0 atom stereocenters. The van der Waals surface area contributed by atoms with Crippen LogP contribution in [0.5, 0.6) is 0 Å². The number of rotatable bonds is 3. The number of halogens is 2. The Labute approximate surface area is 125 Å². The van der Waals surface area contributed by atoms with Crippen molar-refractivity contribution in [2.75, 3.05) is 0 Å². The third-order valence-electron chi connectivity index (χ3n) is 2.12. The zero-order valence-corrected chi connectivity index (χ0v) is 12.2. The maximum absolute atomic E-state index is 6.19. The molecule has 2 aromatic carbocycles. The molecule has 0 amide bonds. The smallest absolute Gasteiger partial charge is 0.0770 e. The predicted molar refractivity (Wildman–Crippen MR) is 81.7 cm³/mol. The second kappa shape index (κ2) is 6.37. The van der Waals surface area contributed by atoms with Crippen molar-refractivity contribution in [1.82, 2.24) is 0 Å². The van der Waals surface area contributed by atoms with Gasteiger partial charge in [-0.15, -0.1) is 0 Å². The van der Waals surface area contributed by atoms with E-state index in [9.17, 15) is 0 Å². The monoisotopic (exact) mass is 311 g/mol. The standard InChI is InChI=1S/C13H7Cl2NS2/c14-11-6-9(16-8-17)7-12(15)13(11)18-10-4-2-1-3-5-10/h1-7H. The summed E-state index contributed by atoms with van der Waals surface area (Å²) in [6.45, 7) is 0. The molecule has 0 heterocycles. The van der Waals surface area contributed by atoms with Gasteiger partial charge in [-0.05, 0) is 36.5 Å². The molecule has 2 rings (SSSR count). The first-order valence-corrected chi connectivity index (χ1v) is 6.98. The van der Waals surface area contributed by atoms with Crippen LogP contribution in [-0.2, 0) is 0 Å². The summed E-state index contributed by atoms with van der Waals surface area (Å²) in [5.74, 6) is 0. The van der Waals surface area contributed by atoms with Crippen molar-refractivity contribution < 1.29 is 0 Å². The molecule has 18 heavy (non-hydrogen) atoms. The van der Waals surface area contributed by atoms with E-state index in [1.807, 2.05) is 30.3 Å². The highest BCUT2D eigenvalue weighted by molar-refractivity contribution is 7.99. The van der Waals surface area contributed by atoms with Crippen molar-refractivity contribution in [3.63, 3.8) is 0 Å². The Morgan fingerprint density at radius 2 is 1.67 bits per heavy atom. The third kappa shape index (κ3) is 3.35. The molecule has 0 N–H and O–H groups in total. The summed E-state index contributed by atoms with van der Waals surface area (Å²) in [5.41, 5.74) is 0.609. The number of benzene rings is 2. The van der Waals surface area contributed by atoms with E-state index < -0.39 is 0 Å². The molecule has 0 radical (unpaired) electrons. The van der Waals surface area contributed by atoms with E-state index >= 15 is 0 Å². The molecule has 0 saturated heterocycles. The highest BCUT2D eigenvalue weighted by Gasteiger charge is 2.09. The lowest BCUT2D eigenvalue weighted by molar-refractivity contribution is 1.39. The number of isothiocyanates is 1. The van der Waals surface area contributed by atoms with Crippen LogP contribution in [-0.4, -0.2) is 5.16 Å². The summed E-state index contributed by atoms with van der Waals surface area (Å²) in [6.07, 6.45) is 0. The number of thiocarbonyl (C=S) groups is 1. The van der Waals surface area contributed by atoms with Gasteiger partial charge in [-0.2, -0.15) is 4.99 Å². The number of aliphatic imine (C=N–C) groups is 1. The molecule has 0 spiro atoms. The lowest BCUT2D eigenvalue weighted by Crippen LogP contribution is -1.78. The van der Waals surface area contributed by atoms with Crippen LogP contribution in [0.1, 0.15) is 0 Å². The predicted octanol–water partition coefficient (Wildman–Crippen LogP) is 5.88. The minimum absolute atomic E-state index is 0.556. The number of hydrogen-bond acceptors (Lipinski definition) is 3. The van der Waals surface area contributed by atoms with Gasteiger partial charge in [-0.25, -0.2) is 0 Å². The normalized spacial score (nSPS) is 9.89. The lowest BCUT2D eigenvalue weighted by Gasteiger charge is -2.07. The van der Waals surface area contributed by atoms with Gasteiger partial charge in [0.1, 0.15) is 0 Å². The van der Waals surface area contributed by atoms with Crippen LogP contribution in [0.3, 0.4) is 0 Å². The van der Waals surface area contributed by atoms with Crippen LogP contribution in [0.2, 0.25) is 10.0 Å². The first-order chi connectivity index (χ1) is 8.70. The molecule has 90 valence electrons. The zero-order chi connectivity index (χ0) is 13.0. The molecule has 0 saturated carbocycles. The van der Waals surface area contributed by atoms with Crippen molar-refractivity contribution in [2.45, 2.75) is 9.79 Å². The van der Waals surface area contributed by atoms with E-state index in [1.165, 1.54) is 11.8 Å². The zero-order valence-electron chi connectivity index (χ0n) is 9.06. The molecule has 0 bridgehead atoms. The summed E-state index contributed by atoms with van der Waals surface area (Å²) in [5, 5.41) is 3.40. The Bertz CT molecular complexity index is 585. The van der Waals surface area contributed by atoms with E-state index in [0.29, 0.717) is 15.7 Å². The molecule has 0 aliphatic carbocycles. The summed E-state index contributed by atoms with van der Waals surface area (Å²) in [4.78, 5) is 5.75. The molecule has 2 aromatic rings. The van der Waals surface area contributed by atoms with Crippen LogP contribution >= 0.6 is 47.2 Å². The van der Waals surface area contributed by atoms with Crippen molar-refractivity contribution >= 4 is 58.0 Å². The van der Waals surface area contributed by atoms with Gasteiger partial charge in [-0.3, -0.25) is 0 Å². The third-order valence-corrected chi connectivity index (χ3v) is 4.18. The first kappa shape index (κ1) is 13.6. The highest BCUT2D eigenvalue weighted by atomic mass is 35.5. The van der Waals surface area contributed by atoms with E-state index in [1.54, 1.807) is 12.1 Å². The Balaban J connectivity index is 2.37. The van der Waals surface area contributed by atoms with Crippen LogP contribution in [0.4, 0.5) is 5.69 Å². The Morgan fingerprint density at radius 1 is 1.06 bits per heavy atom. The van der Waals surface area contributed by atoms with Crippen molar-refractivity contribution in [2.24, 2.45) is 4.99 Å². The summed E-state index contributed by atoms with van der Waals surface area (Å²) >= 11 is 18.5. The van der Waals surface area contributed by atoms with Crippen molar-refractivity contribution in [1.29, 1.82) is 0 Å². The van der Waals surface area contributed by atoms with Gasteiger partial charge < -0.3 is 0 Å². The maximum atomic E-state index is 6.19. The van der Waals surface area contributed by atoms with Gasteiger partial charge in [0.05, 0.1) is 20.9 Å². The molecule has 0 aliphatic rings. The quantitative estimate of drug-likeness (QED) is 0.518. The first-order valence-electron chi connectivity index (χ1n) is 5.00. The van der Waals surface area contributed by atoms with Gasteiger partial charge in [0.25, 0.3) is 0 Å². The fourth-order valence-electron chi connectivity index (χ4n) is 1.37. The van der Waals surface area contributed by atoms with E-state index in [-0.39, 0.29) is 0 Å². The van der Waals surface area contributed by atoms with E-state index in [4.69, 9.17) is 23.2 Å². The lowest BCUT2D eigenvalue weighted by atomic mass is 10.3. The summed E-state index contributed by atoms with van der Waals surface area (Å²) in [6, 6.07) is 13.3. The van der Waals surface area contributed by atoms with E-state index in [2.05, 4.69) is 22.4 Å². The number of hydrogen-bond donors (Lipinski definition) is 0. The van der Waals surface area contributed by atoms with Crippen LogP contribution in [0.15, 0.2) is 57.2 Å². The molecule has 5 heteroatoms. The van der Waals surface area contributed by atoms with Crippen molar-refractivity contribution in [3.8, 4) is 0 Å². The topological polar surface area (TPSA) is 12.4 Å². The van der Waals surface area contributed by atoms with Gasteiger partial charge in [-0.1, -0.05) is 53.2 Å². The second-order valence-corrected chi connectivity index (χ2v) is 5.44. The van der Waals surface area contributed by atoms with Crippen LogP contribution in [0, 0.1) is 0 Å². The SMILES string of the molecule is S=C=Nc1cc(Cl)c(Sc2ccccc2)c(Cl)c1.